The van der Waals surface area contributed by atoms with Gasteiger partial charge < -0.3 is 9.88 Å². The van der Waals surface area contributed by atoms with Crippen molar-refractivity contribution in [3.05, 3.63) is 59.4 Å². The van der Waals surface area contributed by atoms with Gasteiger partial charge in [-0.1, -0.05) is 19.1 Å². The van der Waals surface area contributed by atoms with Gasteiger partial charge in [0.15, 0.2) is 0 Å². The van der Waals surface area contributed by atoms with Crippen LogP contribution in [0.1, 0.15) is 23.7 Å². The molecule has 2 nitrogen and oxygen atoms in total. The Kier molecular flexibility index (Phi) is 4.49. The first-order chi connectivity index (χ1) is 9.50. The fourth-order valence-corrected chi connectivity index (χ4v) is 2.01. The molecule has 0 spiro atoms. The molecule has 0 saturated heterocycles. The Labute approximate surface area is 116 Å². The monoisotopic (exact) mass is 282 g/mol. The molecule has 0 aliphatic heterocycles. The third-order valence-electron chi connectivity index (χ3n) is 3.11. The number of aromatic nitrogens is 1. The van der Waals surface area contributed by atoms with E-state index >= 15 is 0 Å². The van der Waals surface area contributed by atoms with Crippen LogP contribution < -0.4 is 5.32 Å². The molecular formula is C15H17F3N2. The second-order valence-electron chi connectivity index (χ2n) is 4.60. The predicted octanol–water partition coefficient (Wildman–Crippen LogP) is 3.66. The summed E-state index contributed by atoms with van der Waals surface area (Å²) in [6, 6.07) is 9.26. The first-order valence-electron chi connectivity index (χ1n) is 6.51. The van der Waals surface area contributed by atoms with Gasteiger partial charge in [-0.2, -0.15) is 13.2 Å². The van der Waals surface area contributed by atoms with Crippen molar-refractivity contribution < 1.29 is 13.2 Å². The number of halogens is 3. The van der Waals surface area contributed by atoms with Crippen LogP contribution in [0.5, 0.6) is 0 Å². The molecule has 5 heteroatoms. The topological polar surface area (TPSA) is 17.0 Å². The molecule has 20 heavy (non-hydrogen) atoms. The summed E-state index contributed by atoms with van der Waals surface area (Å²) < 4.78 is 39.5. The zero-order chi connectivity index (χ0) is 14.6. The van der Waals surface area contributed by atoms with Gasteiger partial charge >= 0.3 is 6.18 Å². The van der Waals surface area contributed by atoms with Crippen LogP contribution >= 0.6 is 0 Å². The van der Waals surface area contributed by atoms with E-state index in [-0.39, 0.29) is 0 Å². The van der Waals surface area contributed by atoms with E-state index in [1.165, 1.54) is 12.1 Å². The Hall–Kier alpha value is -1.75. The maximum atomic E-state index is 12.5. The molecule has 0 atom stereocenters. The van der Waals surface area contributed by atoms with E-state index in [9.17, 15) is 13.2 Å². The molecule has 0 saturated carbocycles. The number of hydrogen-bond acceptors (Lipinski definition) is 1. The fraction of sp³-hybridized carbons (Fsp3) is 0.333. The summed E-state index contributed by atoms with van der Waals surface area (Å²) in [7, 11) is 0. The predicted molar refractivity (Wildman–Crippen MR) is 72.4 cm³/mol. The van der Waals surface area contributed by atoms with Crippen molar-refractivity contribution in [1.82, 2.24) is 9.88 Å². The first-order valence-corrected chi connectivity index (χ1v) is 6.51. The fourth-order valence-electron chi connectivity index (χ4n) is 2.01. The molecule has 0 bridgehead atoms. The summed E-state index contributed by atoms with van der Waals surface area (Å²) in [6.45, 7) is 4.24. The van der Waals surface area contributed by atoms with Gasteiger partial charge in [-0.3, -0.25) is 0 Å². The van der Waals surface area contributed by atoms with Gasteiger partial charge in [0.2, 0.25) is 0 Å². The summed E-state index contributed by atoms with van der Waals surface area (Å²) in [4.78, 5) is 0. The molecule has 108 valence electrons. The van der Waals surface area contributed by atoms with Crippen molar-refractivity contribution in [1.29, 1.82) is 0 Å². The zero-order valence-electron chi connectivity index (χ0n) is 11.2. The van der Waals surface area contributed by atoms with Crippen molar-refractivity contribution in [2.24, 2.45) is 0 Å². The van der Waals surface area contributed by atoms with E-state index in [2.05, 4.69) is 5.32 Å². The van der Waals surface area contributed by atoms with Crippen molar-refractivity contribution in [3.8, 4) is 0 Å². The van der Waals surface area contributed by atoms with Crippen LogP contribution in [0.4, 0.5) is 13.2 Å². The minimum atomic E-state index is -4.28. The lowest BCUT2D eigenvalue weighted by Crippen LogP contribution is -2.15. The third kappa shape index (κ3) is 3.63. The number of nitrogens with one attached hydrogen (secondary N) is 1. The van der Waals surface area contributed by atoms with Crippen LogP contribution in [-0.4, -0.2) is 11.1 Å². The van der Waals surface area contributed by atoms with Crippen LogP contribution in [0.2, 0.25) is 0 Å². The van der Waals surface area contributed by atoms with Gasteiger partial charge in [0.25, 0.3) is 0 Å². The standard InChI is InChI=1S/C15H17F3N2/c1-2-19-10-14-4-3-9-20(14)11-12-5-7-13(8-6-12)15(16,17)18/h3-9,19H,2,10-11H2,1H3. The van der Waals surface area contributed by atoms with Crippen molar-refractivity contribution in [3.63, 3.8) is 0 Å². The number of nitrogens with zero attached hydrogens (tertiary/aromatic N) is 1. The van der Waals surface area contributed by atoms with Gasteiger partial charge in [-0.15, -0.1) is 0 Å². The summed E-state index contributed by atoms with van der Waals surface area (Å²) in [5, 5.41) is 3.24. The average molecular weight is 282 g/mol. The van der Waals surface area contributed by atoms with Crippen molar-refractivity contribution in [2.75, 3.05) is 6.54 Å². The Morgan fingerprint density at radius 3 is 2.40 bits per heavy atom. The van der Waals surface area contributed by atoms with Crippen LogP contribution in [0, 0.1) is 0 Å². The van der Waals surface area contributed by atoms with E-state index in [4.69, 9.17) is 0 Å². The minimum Gasteiger partial charge on any atom is -0.346 e. The molecule has 0 aliphatic carbocycles. The Balaban J connectivity index is 2.09. The van der Waals surface area contributed by atoms with Gasteiger partial charge in [-0.25, -0.2) is 0 Å². The largest absolute Gasteiger partial charge is 0.416 e. The molecule has 0 radical (unpaired) electrons. The molecule has 1 heterocycles. The van der Waals surface area contributed by atoms with E-state index in [1.54, 1.807) is 0 Å². The van der Waals surface area contributed by atoms with Crippen LogP contribution in [0.3, 0.4) is 0 Å². The quantitative estimate of drug-likeness (QED) is 0.885. The van der Waals surface area contributed by atoms with Gasteiger partial charge in [0.1, 0.15) is 0 Å². The highest BCUT2D eigenvalue weighted by molar-refractivity contribution is 5.25. The molecule has 2 aromatic rings. The molecule has 1 aromatic carbocycles. The molecule has 0 unspecified atom stereocenters. The van der Waals surface area contributed by atoms with Crippen LogP contribution in [0.25, 0.3) is 0 Å². The smallest absolute Gasteiger partial charge is 0.346 e. The summed E-state index contributed by atoms with van der Waals surface area (Å²) in [5.74, 6) is 0. The lowest BCUT2D eigenvalue weighted by molar-refractivity contribution is -0.137. The molecule has 1 aromatic heterocycles. The molecule has 0 aliphatic rings. The highest BCUT2D eigenvalue weighted by atomic mass is 19.4. The van der Waals surface area contributed by atoms with E-state index in [1.807, 2.05) is 29.8 Å². The van der Waals surface area contributed by atoms with Crippen LogP contribution in [-0.2, 0) is 19.3 Å². The zero-order valence-corrected chi connectivity index (χ0v) is 11.2. The highest BCUT2D eigenvalue weighted by Crippen LogP contribution is 2.29. The van der Waals surface area contributed by atoms with Gasteiger partial charge in [0, 0.05) is 25.0 Å². The second-order valence-corrected chi connectivity index (χ2v) is 4.60. The van der Waals surface area contributed by atoms with Gasteiger partial charge in [0.05, 0.1) is 5.56 Å². The Bertz CT molecular complexity index is 541. The normalized spacial score (nSPS) is 11.8. The number of benzene rings is 1. The van der Waals surface area contributed by atoms with E-state index in [0.717, 1.165) is 36.5 Å². The molecule has 1 N–H and O–H groups in total. The number of alkyl halides is 3. The minimum absolute atomic E-state index is 0.575. The summed E-state index contributed by atoms with van der Waals surface area (Å²) in [6.07, 6.45) is -2.34. The molecule has 0 fully saturated rings. The maximum absolute atomic E-state index is 12.5. The van der Waals surface area contributed by atoms with E-state index < -0.39 is 11.7 Å². The lowest BCUT2D eigenvalue weighted by atomic mass is 10.1. The Morgan fingerprint density at radius 1 is 1.10 bits per heavy atom. The lowest BCUT2D eigenvalue weighted by Gasteiger charge is -2.11. The van der Waals surface area contributed by atoms with Crippen LogP contribution in [0.15, 0.2) is 42.6 Å². The third-order valence-corrected chi connectivity index (χ3v) is 3.11. The number of rotatable bonds is 5. The second kappa shape index (κ2) is 6.13. The maximum Gasteiger partial charge on any atom is 0.416 e. The number of hydrogen-bond donors (Lipinski definition) is 1. The average Bonchev–Trinajstić information content (AvgIpc) is 2.83. The molecular weight excluding hydrogens is 265 g/mol. The highest BCUT2D eigenvalue weighted by Gasteiger charge is 2.29. The summed E-state index contributed by atoms with van der Waals surface area (Å²) in [5.41, 5.74) is 1.36. The summed E-state index contributed by atoms with van der Waals surface area (Å²) >= 11 is 0. The van der Waals surface area contributed by atoms with Gasteiger partial charge in [-0.05, 0) is 36.4 Å². The van der Waals surface area contributed by atoms with E-state index in [0.29, 0.717) is 6.54 Å². The molecule has 2 rings (SSSR count). The SMILES string of the molecule is CCNCc1cccn1Cc1ccc(C(F)(F)F)cc1. The van der Waals surface area contributed by atoms with Crippen molar-refractivity contribution >= 4 is 0 Å². The Morgan fingerprint density at radius 2 is 1.80 bits per heavy atom. The first kappa shape index (κ1) is 14.7. The molecule has 0 amide bonds. The van der Waals surface area contributed by atoms with Crippen molar-refractivity contribution in [2.45, 2.75) is 26.2 Å².